The van der Waals surface area contributed by atoms with Gasteiger partial charge >= 0.3 is 0 Å². The Labute approximate surface area is 103 Å². The van der Waals surface area contributed by atoms with Gasteiger partial charge in [0.05, 0.1) is 0 Å². The zero-order valence-corrected chi connectivity index (χ0v) is 12.2. The van der Waals surface area contributed by atoms with Gasteiger partial charge in [-0.1, -0.05) is 66.7 Å². The minimum Gasteiger partial charge on any atom is -0.0654 e. The topological polar surface area (TPSA) is 0 Å². The molecule has 0 spiro atoms. The third-order valence-corrected chi connectivity index (χ3v) is 5.49. The van der Waals surface area contributed by atoms with Gasteiger partial charge in [-0.3, -0.25) is 0 Å². The minimum absolute atomic E-state index is 0.720. The van der Waals surface area contributed by atoms with Crippen molar-refractivity contribution in [3.63, 3.8) is 0 Å². The van der Waals surface area contributed by atoms with Crippen LogP contribution >= 0.6 is 0 Å². The Balaban J connectivity index is 2.75. The van der Waals surface area contributed by atoms with Crippen LogP contribution in [0, 0.1) is 23.2 Å². The molecule has 0 saturated heterocycles. The van der Waals surface area contributed by atoms with Gasteiger partial charge in [0.15, 0.2) is 0 Å². The first-order valence-corrected chi connectivity index (χ1v) is 7.62. The quantitative estimate of drug-likeness (QED) is 0.523. The van der Waals surface area contributed by atoms with Gasteiger partial charge in [0.2, 0.25) is 0 Å². The summed E-state index contributed by atoms with van der Waals surface area (Å²) in [6.45, 7) is 12.1. The third-order valence-electron chi connectivity index (χ3n) is 5.49. The first-order chi connectivity index (χ1) is 7.62. The molecular weight excluding hydrogens is 192 g/mol. The van der Waals surface area contributed by atoms with Gasteiger partial charge in [0.25, 0.3) is 0 Å². The van der Waals surface area contributed by atoms with E-state index >= 15 is 0 Å². The van der Waals surface area contributed by atoms with Crippen LogP contribution in [0.2, 0.25) is 0 Å². The average Bonchev–Trinajstić information content (AvgIpc) is 2.22. The minimum atomic E-state index is 0.720. The molecular formula is C16H32. The third kappa shape index (κ3) is 2.46. The summed E-state index contributed by atoms with van der Waals surface area (Å²) in [7, 11) is 0. The molecule has 0 aliphatic heterocycles. The molecule has 96 valence electrons. The van der Waals surface area contributed by atoms with E-state index in [-0.39, 0.29) is 0 Å². The summed E-state index contributed by atoms with van der Waals surface area (Å²) in [5.41, 5.74) is 0.720. The molecule has 0 heterocycles. The maximum atomic E-state index is 2.50. The van der Waals surface area contributed by atoms with Crippen LogP contribution in [0.25, 0.3) is 0 Å². The van der Waals surface area contributed by atoms with E-state index in [1.165, 1.54) is 44.9 Å². The predicted octanol–water partition coefficient (Wildman–Crippen LogP) is 5.67. The molecule has 3 atom stereocenters. The molecule has 0 N–H and O–H groups in total. The maximum Gasteiger partial charge on any atom is -0.0241 e. The summed E-state index contributed by atoms with van der Waals surface area (Å²) >= 11 is 0. The second-order valence-corrected chi connectivity index (χ2v) is 6.18. The van der Waals surface area contributed by atoms with Crippen LogP contribution in [0.1, 0.15) is 79.6 Å². The molecule has 16 heavy (non-hydrogen) atoms. The van der Waals surface area contributed by atoms with Crippen molar-refractivity contribution in [3.8, 4) is 0 Å². The second kappa shape index (κ2) is 6.07. The lowest BCUT2D eigenvalue weighted by atomic mass is 9.51. The van der Waals surface area contributed by atoms with Crippen molar-refractivity contribution < 1.29 is 0 Å². The SMILES string of the molecule is CCCC(C)C(CC)C1(C(C)CC)CCC1. The van der Waals surface area contributed by atoms with E-state index in [0.29, 0.717) is 0 Å². The summed E-state index contributed by atoms with van der Waals surface area (Å²) in [6, 6.07) is 0. The fourth-order valence-electron chi connectivity index (χ4n) is 4.25. The highest BCUT2D eigenvalue weighted by molar-refractivity contribution is 4.97. The molecule has 0 aromatic heterocycles. The molecule has 0 bridgehead atoms. The Morgan fingerprint density at radius 2 is 1.62 bits per heavy atom. The molecule has 1 aliphatic carbocycles. The van der Waals surface area contributed by atoms with Crippen molar-refractivity contribution in [2.24, 2.45) is 23.2 Å². The predicted molar refractivity (Wildman–Crippen MR) is 73.6 cm³/mol. The monoisotopic (exact) mass is 224 g/mol. The summed E-state index contributed by atoms with van der Waals surface area (Å²) in [5.74, 6) is 2.85. The maximum absolute atomic E-state index is 2.50. The Hall–Kier alpha value is 0. The van der Waals surface area contributed by atoms with Crippen LogP contribution in [-0.2, 0) is 0 Å². The van der Waals surface area contributed by atoms with Crippen LogP contribution in [0.4, 0.5) is 0 Å². The van der Waals surface area contributed by atoms with Crippen LogP contribution in [0.5, 0.6) is 0 Å². The van der Waals surface area contributed by atoms with Gasteiger partial charge in [0, 0.05) is 0 Å². The summed E-state index contributed by atoms with van der Waals surface area (Å²) < 4.78 is 0. The smallest absolute Gasteiger partial charge is 0.0241 e. The Morgan fingerprint density at radius 3 is 1.94 bits per heavy atom. The van der Waals surface area contributed by atoms with E-state index in [9.17, 15) is 0 Å². The van der Waals surface area contributed by atoms with E-state index in [4.69, 9.17) is 0 Å². The molecule has 0 nitrogen and oxygen atoms in total. The van der Waals surface area contributed by atoms with Crippen molar-refractivity contribution >= 4 is 0 Å². The van der Waals surface area contributed by atoms with Crippen molar-refractivity contribution in [2.75, 3.05) is 0 Å². The highest BCUT2D eigenvalue weighted by atomic mass is 14.5. The second-order valence-electron chi connectivity index (χ2n) is 6.18. The summed E-state index contributed by atoms with van der Waals surface area (Å²) in [5, 5.41) is 0. The fraction of sp³-hybridized carbons (Fsp3) is 1.00. The standard InChI is InChI=1S/C16H32/c1-6-10-13(4)15(8-3)16(11-9-12-16)14(5)7-2/h13-15H,6-12H2,1-5H3. The highest BCUT2D eigenvalue weighted by Gasteiger charge is 2.47. The van der Waals surface area contributed by atoms with Crippen molar-refractivity contribution in [2.45, 2.75) is 79.6 Å². The molecule has 0 radical (unpaired) electrons. The van der Waals surface area contributed by atoms with Gasteiger partial charge in [-0.05, 0) is 36.0 Å². The van der Waals surface area contributed by atoms with Gasteiger partial charge in [-0.15, -0.1) is 0 Å². The van der Waals surface area contributed by atoms with Crippen LogP contribution < -0.4 is 0 Å². The van der Waals surface area contributed by atoms with E-state index in [0.717, 1.165) is 23.2 Å². The lowest BCUT2D eigenvalue weighted by Gasteiger charge is -2.54. The van der Waals surface area contributed by atoms with Gasteiger partial charge in [0.1, 0.15) is 0 Å². The molecule has 0 aromatic carbocycles. The molecule has 0 aromatic rings. The summed E-state index contributed by atoms with van der Waals surface area (Å²) in [4.78, 5) is 0. The largest absolute Gasteiger partial charge is 0.0654 e. The zero-order chi connectivity index (χ0) is 12.2. The molecule has 1 fully saturated rings. The molecule has 1 aliphatic rings. The van der Waals surface area contributed by atoms with Crippen LogP contribution in [-0.4, -0.2) is 0 Å². The van der Waals surface area contributed by atoms with E-state index in [1.807, 2.05) is 0 Å². The van der Waals surface area contributed by atoms with Gasteiger partial charge in [-0.2, -0.15) is 0 Å². The first kappa shape index (κ1) is 14.1. The molecule has 0 amide bonds. The number of rotatable bonds is 7. The molecule has 1 rings (SSSR count). The first-order valence-electron chi connectivity index (χ1n) is 7.62. The Bertz CT molecular complexity index is 190. The van der Waals surface area contributed by atoms with E-state index in [1.54, 1.807) is 0 Å². The molecule has 3 unspecified atom stereocenters. The Kier molecular flexibility index (Phi) is 5.34. The number of hydrogen-bond acceptors (Lipinski definition) is 0. The van der Waals surface area contributed by atoms with Gasteiger partial charge in [-0.25, -0.2) is 0 Å². The molecule has 1 saturated carbocycles. The van der Waals surface area contributed by atoms with Crippen molar-refractivity contribution in [1.82, 2.24) is 0 Å². The molecule has 0 heteroatoms. The van der Waals surface area contributed by atoms with Crippen molar-refractivity contribution in [3.05, 3.63) is 0 Å². The number of hydrogen-bond donors (Lipinski definition) is 0. The normalized spacial score (nSPS) is 24.6. The zero-order valence-electron chi connectivity index (χ0n) is 12.2. The lowest BCUT2D eigenvalue weighted by Crippen LogP contribution is -2.45. The summed E-state index contributed by atoms with van der Waals surface area (Å²) in [6.07, 6.45) is 10.1. The average molecular weight is 224 g/mol. The van der Waals surface area contributed by atoms with Crippen molar-refractivity contribution in [1.29, 1.82) is 0 Å². The van der Waals surface area contributed by atoms with E-state index < -0.39 is 0 Å². The van der Waals surface area contributed by atoms with E-state index in [2.05, 4.69) is 34.6 Å². The lowest BCUT2D eigenvalue weighted by molar-refractivity contribution is -0.0410. The highest BCUT2D eigenvalue weighted by Crippen LogP contribution is 2.57. The van der Waals surface area contributed by atoms with Crippen LogP contribution in [0.15, 0.2) is 0 Å². The van der Waals surface area contributed by atoms with Crippen LogP contribution in [0.3, 0.4) is 0 Å². The Morgan fingerprint density at radius 1 is 1.00 bits per heavy atom. The van der Waals surface area contributed by atoms with Gasteiger partial charge < -0.3 is 0 Å². The fourth-order valence-corrected chi connectivity index (χ4v) is 4.25.